The SMILES string of the molecule is COC(=O)CCCNC(=O)c1cncc(C(=O)N[C@@H](CC(=O)O)C(=O)CSCc2ccc(F)cc2)c1. The van der Waals surface area contributed by atoms with E-state index in [0.717, 1.165) is 5.56 Å². The average molecular weight is 520 g/mol. The number of carboxylic acids is 1. The summed E-state index contributed by atoms with van der Waals surface area (Å²) in [5, 5.41) is 14.2. The number of hydrogen-bond donors (Lipinski definition) is 3. The summed E-state index contributed by atoms with van der Waals surface area (Å²) in [5.74, 6) is -3.48. The van der Waals surface area contributed by atoms with Crippen molar-refractivity contribution in [2.75, 3.05) is 19.4 Å². The molecule has 1 atom stereocenters. The van der Waals surface area contributed by atoms with Gasteiger partial charge in [-0.3, -0.25) is 29.0 Å². The third-order valence-corrected chi connectivity index (χ3v) is 5.86. The van der Waals surface area contributed by atoms with Gasteiger partial charge in [-0.2, -0.15) is 0 Å². The first-order chi connectivity index (χ1) is 17.2. The number of hydrogen-bond acceptors (Lipinski definition) is 8. The van der Waals surface area contributed by atoms with Gasteiger partial charge in [0, 0.05) is 31.1 Å². The Morgan fingerprint density at radius 1 is 1.08 bits per heavy atom. The molecule has 3 N–H and O–H groups in total. The number of aromatic nitrogens is 1. The molecule has 0 aliphatic rings. The third-order valence-electron chi connectivity index (χ3n) is 4.83. The number of methoxy groups -OCH3 is 1. The molecule has 1 heterocycles. The highest BCUT2D eigenvalue weighted by atomic mass is 32.2. The van der Waals surface area contributed by atoms with Crippen molar-refractivity contribution in [2.45, 2.75) is 31.1 Å². The molecule has 0 aliphatic carbocycles. The fourth-order valence-electron chi connectivity index (χ4n) is 2.94. The van der Waals surface area contributed by atoms with E-state index in [9.17, 15) is 33.5 Å². The second kappa shape index (κ2) is 14.6. The molecule has 0 fully saturated rings. The average Bonchev–Trinajstić information content (AvgIpc) is 2.86. The lowest BCUT2D eigenvalue weighted by molar-refractivity contribution is -0.141. The lowest BCUT2D eigenvalue weighted by Crippen LogP contribution is -2.43. The Morgan fingerprint density at radius 3 is 2.39 bits per heavy atom. The van der Waals surface area contributed by atoms with Crippen molar-refractivity contribution in [1.29, 1.82) is 0 Å². The van der Waals surface area contributed by atoms with Crippen molar-refractivity contribution in [1.82, 2.24) is 15.6 Å². The molecule has 0 saturated carbocycles. The van der Waals surface area contributed by atoms with E-state index in [2.05, 4.69) is 20.4 Å². The smallest absolute Gasteiger partial charge is 0.305 e. The number of benzene rings is 1. The zero-order valence-corrected chi connectivity index (χ0v) is 20.3. The zero-order valence-electron chi connectivity index (χ0n) is 19.5. The number of rotatable bonds is 14. The molecular formula is C24H26FN3O7S. The standard InChI is InChI=1S/C24H26FN3O7S/c1-35-22(32)3-2-8-27-23(33)16-9-17(12-26-11-16)24(34)28-19(10-21(30)31)20(29)14-36-13-15-4-6-18(25)7-5-15/h4-7,9,11-12,19H,2-3,8,10,13-14H2,1H3,(H,27,33)(H,28,34)(H,30,31)/t19-/m0/s1. The largest absolute Gasteiger partial charge is 0.481 e. The number of amides is 2. The van der Waals surface area contributed by atoms with Gasteiger partial charge in [-0.1, -0.05) is 12.1 Å². The fraction of sp³-hybridized carbons (Fsp3) is 0.333. The van der Waals surface area contributed by atoms with E-state index < -0.39 is 42.0 Å². The van der Waals surface area contributed by atoms with Crippen LogP contribution in [0.1, 0.15) is 45.5 Å². The van der Waals surface area contributed by atoms with Gasteiger partial charge in [-0.25, -0.2) is 4.39 Å². The molecule has 0 aliphatic heterocycles. The summed E-state index contributed by atoms with van der Waals surface area (Å²) >= 11 is 1.21. The lowest BCUT2D eigenvalue weighted by atomic mass is 10.1. The summed E-state index contributed by atoms with van der Waals surface area (Å²) in [5.41, 5.74) is 0.843. The van der Waals surface area contributed by atoms with Crippen LogP contribution in [0.2, 0.25) is 0 Å². The van der Waals surface area contributed by atoms with Crippen molar-refractivity contribution >= 4 is 41.3 Å². The Balaban J connectivity index is 1.95. The van der Waals surface area contributed by atoms with Gasteiger partial charge in [-0.05, 0) is 30.2 Å². The number of aliphatic carboxylic acids is 1. The Bertz CT molecular complexity index is 1100. The molecule has 0 radical (unpaired) electrons. The van der Waals surface area contributed by atoms with Crippen LogP contribution in [-0.4, -0.2) is 65.1 Å². The van der Waals surface area contributed by atoms with Crippen molar-refractivity contribution in [3.8, 4) is 0 Å². The Hall–Kier alpha value is -3.80. The molecule has 2 rings (SSSR count). The summed E-state index contributed by atoms with van der Waals surface area (Å²) in [4.78, 5) is 63.8. The molecule has 1 aromatic heterocycles. The summed E-state index contributed by atoms with van der Waals surface area (Å²) < 4.78 is 17.5. The van der Waals surface area contributed by atoms with Crippen LogP contribution in [0.4, 0.5) is 4.39 Å². The predicted octanol–water partition coefficient (Wildman–Crippen LogP) is 1.98. The van der Waals surface area contributed by atoms with E-state index in [1.54, 1.807) is 12.1 Å². The van der Waals surface area contributed by atoms with Gasteiger partial charge in [0.25, 0.3) is 11.8 Å². The van der Waals surface area contributed by atoms with Gasteiger partial charge in [0.15, 0.2) is 5.78 Å². The fourth-order valence-corrected chi connectivity index (χ4v) is 3.87. The predicted molar refractivity (Wildman–Crippen MR) is 129 cm³/mol. The van der Waals surface area contributed by atoms with Gasteiger partial charge in [-0.15, -0.1) is 11.8 Å². The van der Waals surface area contributed by atoms with E-state index in [4.69, 9.17) is 0 Å². The van der Waals surface area contributed by atoms with Crippen LogP contribution in [-0.2, 0) is 24.9 Å². The summed E-state index contributed by atoms with van der Waals surface area (Å²) in [6.45, 7) is 0.204. The van der Waals surface area contributed by atoms with Gasteiger partial charge in [0.2, 0.25) is 0 Å². The zero-order chi connectivity index (χ0) is 26.5. The van der Waals surface area contributed by atoms with Crippen LogP contribution in [0, 0.1) is 5.82 Å². The van der Waals surface area contributed by atoms with Crippen LogP contribution in [0.5, 0.6) is 0 Å². The minimum Gasteiger partial charge on any atom is -0.481 e. The van der Waals surface area contributed by atoms with E-state index in [1.807, 2.05) is 0 Å². The van der Waals surface area contributed by atoms with Crippen molar-refractivity contribution in [2.24, 2.45) is 0 Å². The summed E-state index contributed by atoms with van der Waals surface area (Å²) in [6.07, 6.45) is 2.33. The van der Waals surface area contributed by atoms with E-state index in [1.165, 1.54) is 49.5 Å². The number of nitrogens with zero attached hydrogens (tertiary/aromatic N) is 1. The molecule has 0 bridgehead atoms. The molecule has 10 nitrogen and oxygen atoms in total. The molecule has 36 heavy (non-hydrogen) atoms. The van der Waals surface area contributed by atoms with Crippen LogP contribution in [0.3, 0.4) is 0 Å². The first-order valence-corrected chi connectivity index (χ1v) is 12.0. The molecule has 192 valence electrons. The summed E-state index contributed by atoms with van der Waals surface area (Å²) in [6, 6.07) is 5.75. The quantitative estimate of drug-likeness (QED) is 0.251. The van der Waals surface area contributed by atoms with Crippen molar-refractivity contribution in [3.63, 3.8) is 0 Å². The number of pyridine rings is 1. The highest BCUT2D eigenvalue weighted by Gasteiger charge is 2.24. The molecule has 0 saturated heterocycles. The number of carboxylic acid groups (broad SMARTS) is 1. The summed E-state index contributed by atoms with van der Waals surface area (Å²) in [7, 11) is 1.27. The maximum absolute atomic E-state index is 13.0. The van der Waals surface area contributed by atoms with Crippen LogP contribution in [0.15, 0.2) is 42.7 Å². The normalized spacial score (nSPS) is 11.3. The maximum Gasteiger partial charge on any atom is 0.305 e. The minimum absolute atomic E-state index is 0.0284. The van der Waals surface area contributed by atoms with Crippen molar-refractivity contribution in [3.05, 3.63) is 65.2 Å². The topological polar surface area (TPSA) is 152 Å². The number of nitrogens with one attached hydrogen (secondary N) is 2. The Morgan fingerprint density at radius 2 is 1.75 bits per heavy atom. The Kier molecular flexibility index (Phi) is 11.5. The van der Waals surface area contributed by atoms with E-state index >= 15 is 0 Å². The molecule has 0 unspecified atom stereocenters. The van der Waals surface area contributed by atoms with Crippen LogP contribution in [0.25, 0.3) is 0 Å². The number of Topliss-reactive ketones (excluding diaryl/α,β-unsaturated/α-hetero) is 1. The highest BCUT2D eigenvalue weighted by Crippen LogP contribution is 2.14. The van der Waals surface area contributed by atoms with Gasteiger partial charge >= 0.3 is 11.9 Å². The molecule has 12 heteroatoms. The van der Waals surface area contributed by atoms with Gasteiger partial charge in [0.05, 0.1) is 36.5 Å². The lowest BCUT2D eigenvalue weighted by Gasteiger charge is -2.16. The number of esters is 1. The van der Waals surface area contributed by atoms with E-state index in [-0.39, 0.29) is 35.7 Å². The number of thioether (sulfide) groups is 1. The number of ketones is 1. The number of ether oxygens (including phenoxy) is 1. The van der Waals surface area contributed by atoms with Crippen LogP contribution < -0.4 is 10.6 Å². The first-order valence-electron chi connectivity index (χ1n) is 10.9. The second-order valence-corrected chi connectivity index (χ2v) is 8.59. The first kappa shape index (κ1) is 28.4. The molecule has 2 aromatic rings. The third kappa shape index (κ3) is 9.82. The minimum atomic E-state index is -1.29. The second-order valence-electron chi connectivity index (χ2n) is 7.61. The monoisotopic (exact) mass is 519 g/mol. The number of carbonyl (C=O) groups excluding carboxylic acids is 4. The van der Waals surface area contributed by atoms with Gasteiger partial charge in [0.1, 0.15) is 5.82 Å². The van der Waals surface area contributed by atoms with Gasteiger partial charge < -0.3 is 20.5 Å². The Labute approximate surface area is 211 Å². The molecular weight excluding hydrogens is 493 g/mol. The van der Waals surface area contributed by atoms with Crippen molar-refractivity contribution < 1.29 is 38.2 Å². The van der Waals surface area contributed by atoms with E-state index in [0.29, 0.717) is 12.2 Å². The highest BCUT2D eigenvalue weighted by molar-refractivity contribution is 7.99. The maximum atomic E-state index is 13.0. The number of carbonyl (C=O) groups is 5. The number of halogens is 1. The molecule has 2 amide bonds. The molecule has 0 spiro atoms. The molecule has 1 aromatic carbocycles. The van der Waals surface area contributed by atoms with Crippen LogP contribution >= 0.6 is 11.8 Å².